The number of nitrogens with one attached hydrogen (secondary N) is 1. The number of benzene rings is 1. The van der Waals surface area contributed by atoms with Gasteiger partial charge >= 0.3 is 0 Å². The van der Waals surface area contributed by atoms with Crippen molar-refractivity contribution in [2.75, 3.05) is 6.54 Å². The van der Waals surface area contributed by atoms with Gasteiger partial charge in [0.25, 0.3) is 0 Å². The molecule has 0 fully saturated rings. The third kappa shape index (κ3) is 3.69. The molecule has 0 radical (unpaired) electrons. The lowest BCUT2D eigenvalue weighted by Crippen LogP contribution is -2.25. The molecule has 2 aromatic heterocycles. The van der Waals surface area contributed by atoms with Crippen LogP contribution in [0.25, 0.3) is 11.4 Å². The highest BCUT2D eigenvalue weighted by Gasteiger charge is 2.17. The summed E-state index contributed by atoms with van der Waals surface area (Å²) in [6.45, 7) is 1.95. The Kier molecular flexibility index (Phi) is 4.74. The molecule has 0 atom stereocenters. The van der Waals surface area contributed by atoms with Gasteiger partial charge in [-0.2, -0.15) is 4.98 Å². The summed E-state index contributed by atoms with van der Waals surface area (Å²) < 4.78 is 45.6. The van der Waals surface area contributed by atoms with Crippen molar-refractivity contribution in [1.29, 1.82) is 0 Å². The van der Waals surface area contributed by atoms with Crippen LogP contribution < -0.4 is 4.72 Å². The number of halogens is 1. The van der Waals surface area contributed by atoms with E-state index >= 15 is 0 Å². The predicted octanol–water partition coefficient (Wildman–Crippen LogP) is 2.77. The van der Waals surface area contributed by atoms with E-state index in [1.807, 2.05) is 6.92 Å². The number of rotatable bonds is 6. The molecule has 0 unspecified atom stereocenters. The van der Waals surface area contributed by atoms with Crippen LogP contribution in [0.2, 0.25) is 0 Å². The minimum absolute atomic E-state index is 0.109. The van der Waals surface area contributed by atoms with Crippen LogP contribution in [-0.2, 0) is 16.4 Å². The van der Waals surface area contributed by atoms with E-state index in [9.17, 15) is 12.8 Å². The van der Waals surface area contributed by atoms with E-state index in [4.69, 9.17) is 4.52 Å². The molecule has 0 aliphatic heterocycles. The van der Waals surface area contributed by atoms with Crippen molar-refractivity contribution in [1.82, 2.24) is 14.9 Å². The van der Waals surface area contributed by atoms with Gasteiger partial charge in [0.05, 0.1) is 5.56 Å². The number of hydrogen-bond acceptors (Lipinski definition) is 6. The quantitative estimate of drug-likeness (QED) is 0.724. The SMILES string of the molecule is Cc1ccc(S(=O)(=O)NCCc2nc(-c3ccccc3F)no2)s1. The Morgan fingerprint density at radius 2 is 2.04 bits per heavy atom. The molecule has 1 aromatic carbocycles. The maximum atomic E-state index is 13.7. The molecule has 0 saturated carbocycles. The number of aromatic nitrogens is 2. The minimum Gasteiger partial charge on any atom is -0.339 e. The topological polar surface area (TPSA) is 85.1 Å². The first-order valence-electron chi connectivity index (χ1n) is 7.09. The van der Waals surface area contributed by atoms with Crippen LogP contribution in [0.4, 0.5) is 4.39 Å². The molecular formula is C15H14FN3O3S2. The average molecular weight is 367 g/mol. The maximum Gasteiger partial charge on any atom is 0.250 e. The van der Waals surface area contributed by atoms with Crippen molar-refractivity contribution in [2.45, 2.75) is 17.6 Å². The molecule has 0 saturated heterocycles. The van der Waals surface area contributed by atoms with Gasteiger partial charge < -0.3 is 4.52 Å². The smallest absolute Gasteiger partial charge is 0.250 e. The third-order valence-electron chi connectivity index (χ3n) is 3.19. The Balaban J connectivity index is 1.63. The monoisotopic (exact) mass is 367 g/mol. The Labute approximate surface area is 142 Å². The molecule has 24 heavy (non-hydrogen) atoms. The van der Waals surface area contributed by atoms with Crippen molar-refractivity contribution < 1.29 is 17.3 Å². The van der Waals surface area contributed by atoms with Gasteiger partial charge in [-0.25, -0.2) is 17.5 Å². The van der Waals surface area contributed by atoms with Crippen LogP contribution in [0.5, 0.6) is 0 Å². The number of aryl methyl sites for hydroxylation is 1. The molecule has 0 bridgehead atoms. The predicted molar refractivity (Wildman–Crippen MR) is 87.6 cm³/mol. The number of nitrogens with zero attached hydrogens (tertiary/aromatic N) is 2. The summed E-state index contributed by atoms with van der Waals surface area (Å²) in [5, 5.41) is 3.72. The second-order valence-electron chi connectivity index (χ2n) is 5.00. The number of thiophene rings is 1. The first-order chi connectivity index (χ1) is 11.5. The lowest BCUT2D eigenvalue weighted by molar-refractivity contribution is 0.378. The van der Waals surface area contributed by atoms with E-state index in [2.05, 4.69) is 14.9 Å². The Morgan fingerprint density at radius 3 is 2.75 bits per heavy atom. The van der Waals surface area contributed by atoms with E-state index in [0.29, 0.717) is 0 Å². The highest BCUT2D eigenvalue weighted by atomic mass is 32.2. The van der Waals surface area contributed by atoms with Crippen LogP contribution in [0.1, 0.15) is 10.8 Å². The van der Waals surface area contributed by atoms with E-state index in [1.165, 1.54) is 17.4 Å². The van der Waals surface area contributed by atoms with Crippen LogP contribution in [0.3, 0.4) is 0 Å². The van der Waals surface area contributed by atoms with Gasteiger partial charge in [-0.3, -0.25) is 0 Å². The zero-order chi connectivity index (χ0) is 17.2. The molecule has 9 heteroatoms. The molecule has 3 rings (SSSR count). The van der Waals surface area contributed by atoms with Gasteiger partial charge in [-0.1, -0.05) is 17.3 Å². The van der Waals surface area contributed by atoms with Gasteiger partial charge in [0.2, 0.25) is 21.7 Å². The first-order valence-corrected chi connectivity index (χ1v) is 9.39. The van der Waals surface area contributed by atoms with Gasteiger partial charge in [0, 0.05) is 17.8 Å². The van der Waals surface area contributed by atoms with Crippen molar-refractivity contribution in [3.05, 3.63) is 53.0 Å². The van der Waals surface area contributed by atoms with E-state index in [0.717, 1.165) is 4.88 Å². The normalized spacial score (nSPS) is 11.8. The molecule has 2 heterocycles. The molecular weight excluding hydrogens is 353 g/mol. The van der Waals surface area contributed by atoms with Gasteiger partial charge in [0.1, 0.15) is 10.0 Å². The molecule has 0 spiro atoms. The number of hydrogen-bond donors (Lipinski definition) is 1. The van der Waals surface area contributed by atoms with E-state index < -0.39 is 15.8 Å². The Morgan fingerprint density at radius 1 is 1.25 bits per heavy atom. The Bertz CT molecular complexity index is 950. The zero-order valence-corrected chi connectivity index (χ0v) is 14.3. The Hall–Kier alpha value is -2.10. The largest absolute Gasteiger partial charge is 0.339 e. The highest BCUT2D eigenvalue weighted by molar-refractivity contribution is 7.91. The molecule has 0 amide bonds. The lowest BCUT2D eigenvalue weighted by Gasteiger charge is -2.02. The second kappa shape index (κ2) is 6.80. The van der Waals surface area contributed by atoms with Crippen LogP contribution in [-0.4, -0.2) is 25.1 Å². The van der Waals surface area contributed by atoms with Crippen LogP contribution in [0, 0.1) is 12.7 Å². The van der Waals surface area contributed by atoms with Crippen molar-refractivity contribution in [3.63, 3.8) is 0 Å². The summed E-state index contributed by atoms with van der Waals surface area (Å²) in [7, 11) is -3.54. The van der Waals surface area contributed by atoms with Crippen molar-refractivity contribution in [3.8, 4) is 11.4 Å². The maximum absolute atomic E-state index is 13.7. The molecule has 1 N–H and O–H groups in total. The fraction of sp³-hybridized carbons (Fsp3) is 0.200. The summed E-state index contributed by atoms with van der Waals surface area (Å²) >= 11 is 1.20. The fourth-order valence-electron chi connectivity index (χ4n) is 2.03. The van der Waals surface area contributed by atoms with Gasteiger partial charge in [0.15, 0.2) is 0 Å². The summed E-state index contributed by atoms with van der Waals surface area (Å²) in [5.41, 5.74) is 0.238. The van der Waals surface area contributed by atoms with E-state index in [1.54, 1.807) is 30.3 Å². The standard InChI is InChI=1S/C15H14FN3O3S2/c1-10-6-7-14(23-10)24(20,21)17-9-8-13-18-15(19-22-13)11-4-2-3-5-12(11)16/h2-7,17H,8-9H2,1H3. The molecule has 3 aromatic rings. The lowest BCUT2D eigenvalue weighted by atomic mass is 10.2. The zero-order valence-electron chi connectivity index (χ0n) is 12.7. The fourth-order valence-corrected chi connectivity index (χ4v) is 4.39. The number of sulfonamides is 1. The molecule has 126 valence electrons. The van der Waals surface area contributed by atoms with Crippen LogP contribution in [0.15, 0.2) is 45.1 Å². The van der Waals surface area contributed by atoms with E-state index in [-0.39, 0.29) is 34.5 Å². The summed E-state index contributed by atoms with van der Waals surface area (Å²) in [6.07, 6.45) is 0.213. The summed E-state index contributed by atoms with van der Waals surface area (Å²) in [4.78, 5) is 5.01. The van der Waals surface area contributed by atoms with Crippen LogP contribution >= 0.6 is 11.3 Å². The summed E-state index contributed by atoms with van der Waals surface area (Å²) in [5.74, 6) is -0.0724. The molecule has 0 aliphatic rings. The average Bonchev–Trinajstić information content (AvgIpc) is 3.17. The summed E-state index contributed by atoms with van der Waals surface area (Å²) in [6, 6.07) is 9.41. The van der Waals surface area contributed by atoms with Crippen molar-refractivity contribution >= 4 is 21.4 Å². The second-order valence-corrected chi connectivity index (χ2v) is 8.29. The highest BCUT2D eigenvalue weighted by Crippen LogP contribution is 2.21. The third-order valence-corrected chi connectivity index (χ3v) is 6.15. The first kappa shape index (κ1) is 16.7. The van der Waals surface area contributed by atoms with Gasteiger partial charge in [-0.05, 0) is 31.2 Å². The van der Waals surface area contributed by atoms with Crippen molar-refractivity contribution in [2.24, 2.45) is 0 Å². The molecule has 6 nitrogen and oxygen atoms in total. The molecule has 0 aliphatic carbocycles. The van der Waals surface area contributed by atoms with Gasteiger partial charge in [-0.15, -0.1) is 11.3 Å². The minimum atomic E-state index is -3.54.